The Labute approximate surface area is 220 Å². The van der Waals surface area contributed by atoms with Gasteiger partial charge in [0.15, 0.2) is 0 Å². The molecule has 0 saturated heterocycles. The van der Waals surface area contributed by atoms with Crippen molar-refractivity contribution >= 4 is 35.5 Å². The summed E-state index contributed by atoms with van der Waals surface area (Å²) in [4.78, 5) is 67.8. The summed E-state index contributed by atoms with van der Waals surface area (Å²) in [5, 5.41) is 10.9. The summed E-state index contributed by atoms with van der Waals surface area (Å²) in [5.74, 6) is -1.68. The number of imide groups is 2. The summed E-state index contributed by atoms with van der Waals surface area (Å²) in [6.45, 7) is 7.26. The van der Waals surface area contributed by atoms with Gasteiger partial charge in [-0.1, -0.05) is 59.3 Å². The molecule has 0 radical (unpaired) electrons. The van der Waals surface area contributed by atoms with Crippen LogP contribution >= 0.6 is 0 Å². The van der Waals surface area contributed by atoms with Gasteiger partial charge < -0.3 is 10.4 Å². The third kappa shape index (κ3) is 16.1. The van der Waals surface area contributed by atoms with Crippen LogP contribution in [0.15, 0.2) is 24.3 Å². The van der Waals surface area contributed by atoms with Gasteiger partial charge in [0.05, 0.1) is 0 Å². The normalized spacial score (nSPS) is 13.9. The van der Waals surface area contributed by atoms with Crippen molar-refractivity contribution in [3.63, 3.8) is 0 Å². The third-order valence-electron chi connectivity index (χ3n) is 5.41. The number of amides is 5. The Hall–Kier alpha value is -3.30. The zero-order valence-electron chi connectivity index (χ0n) is 22.5. The predicted molar refractivity (Wildman–Crippen MR) is 140 cm³/mol. The number of nitrogens with one attached hydrogen (secondary N) is 1. The van der Waals surface area contributed by atoms with Gasteiger partial charge in [-0.05, 0) is 19.3 Å². The minimum atomic E-state index is -0.675. The number of hydrogen-bond donors (Lipinski definition) is 2. The van der Waals surface area contributed by atoms with E-state index in [2.05, 4.69) is 19.2 Å². The standard InChI is InChI=1S/C13H20N2O3.C7H9NO2.C7H14O2/c1-2-3-4-5-6-11(16)14-9-10-15-12(17)7-8-13(15)18;1-2-5-8-6(9)3-4-7(8)10;1-2-3-4-5-6-7(8)9/h7-8H,2-6,9-10H2,1H3,(H,14,16);3-4H,2,5H2,1H3;2-6H2,1H3,(H,8,9). The molecule has 10 nitrogen and oxygen atoms in total. The molecular formula is C27H43N3O7. The van der Waals surface area contributed by atoms with E-state index in [0.29, 0.717) is 25.9 Å². The lowest BCUT2D eigenvalue weighted by Gasteiger charge is -2.13. The molecule has 5 amide bonds. The van der Waals surface area contributed by atoms with E-state index in [9.17, 15) is 28.8 Å². The van der Waals surface area contributed by atoms with E-state index in [-0.39, 0.29) is 36.1 Å². The van der Waals surface area contributed by atoms with Crippen LogP contribution in [0.2, 0.25) is 0 Å². The second-order valence-electron chi connectivity index (χ2n) is 8.69. The molecule has 2 aliphatic rings. The molecule has 0 unspecified atom stereocenters. The van der Waals surface area contributed by atoms with E-state index in [0.717, 1.165) is 56.3 Å². The van der Waals surface area contributed by atoms with Crippen LogP contribution in [0, 0.1) is 0 Å². The lowest BCUT2D eigenvalue weighted by molar-refractivity contribution is -0.138. The van der Waals surface area contributed by atoms with Gasteiger partial charge in [-0.2, -0.15) is 0 Å². The van der Waals surface area contributed by atoms with E-state index in [1.54, 1.807) is 0 Å². The number of carboxylic acids is 1. The number of rotatable bonds is 15. The van der Waals surface area contributed by atoms with Gasteiger partial charge in [-0.3, -0.25) is 38.6 Å². The van der Waals surface area contributed by atoms with E-state index >= 15 is 0 Å². The number of carbonyl (C=O) groups excluding carboxylic acids is 5. The highest BCUT2D eigenvalue weighted by molar-refractivity contribution is 6.13. The van der Waals surface area contributed by atoms with E-state index in [1.165, 1.54) is 35.6 Å². The smallest absolute Gasteiger partial charge is 0.303 e. The lowest BCUT2D eigenvalue weighted by atomic mass is 10.1. The minimum Gasteiger partial charge on any atom is -0.481 e. The van der Waals surface area contributed by atoms with Crippen LogP contribution in [0.4, 0.5) is 0 Å². The molecule has 2 aliphatic heterocycles. The maximum Gasteiger partial charge on any atom is 0.303 e. The van der Waals surface area contributed by atoms with Crippen LogP contribution < -0.4 is 5.32 Å². The lowest BCUT2D eigenvalue weighted by Crippen LogP contribution is -2.38. The number of carboxylic acid groups (broad SMARTS) is 1. The monoisotopic (exact) mass is 521 g/mol. The molecular weight excluding hydrogens is 478 g/mol. The summed E-state index contributed by atoms with van der Waals surface area (Å²) >= 11 is 0. The summed E-state index contributed by atoms with van der Waals surface area (Å²) in [6.07, 6.45) is 15.2. The van der Waals surface area contributed by atoms with Crippen molar-refractivity contribution in [1.82, 2.24) is 15.1 Å². The molecule has 0 spiro atoms. The number of unbranched alkanes of at least 4 members (excludes halogenated alkanes) is 6. The minimum absolute atomic E-state index is 0.0156. The molecule has 0 aromatic heterocycles. The van der Waals surface area contributed by atoms with Crippen LogP contribution in [0.3, 0.4) is 0 Å². The van der Waals surface area contributed by atoms with Crippen LogP contribution in [-0.4, -0.2) is 70.0 Å². The molecule has 37 heavy (non-hydrogen) atoms. The Morgan fingerprint density at radius 3 is 1.49 bits per heavy atom. The molecule has 10 heteroatoms. The fourth-order valence-corrected chi connectivity index (χ4v) is 3.34. The van der Waals surface area contributed by atoms with Gasteiger partial charge in [0.1, 0.15) is 0 Å². The molecule has 0 aromatic rings. The first-order chi connectivity index (χ1) is 17.7. The predicted octanol–water partition coefficient (Wildman–Crippen LogP) is 3.36. The van der Waals surface area contributed by atoms with Crippen LogP contribution in [0.25, 0.3) is 0 Å². The SMILES string of the molecule is CCCCCCC(=O)NCCN1C(=O)C=CC1=O.CCCCCCC(=O)O.CCCN1C(=O)C=CC1=O. The van der Waals surface area contributed by atoms with Crippen molar-refractivity contribution < 1.29 is 33.9 Å². The van der Waals surface area contributed by atoms with E-state index < -0.39 is 5.97 Å². The Bertz CT molecular complexity index is 785. The van der Waals surface area contributed by atoms with Gasteiger partial charge >= 0.3 is 5.97 Å². The first-order valence-corrected chi connectivity index (χ1v) is 13.2. The third-order valence-corrected chi connectivity index (χ3v) is 5.41. The Morgan fingerprint density at radius 1 is 0.649 bits per heavy atom. The molecule has 2 heterocycles. The summed E-state index contributed by atoms with van der Waals surface area (Å²) < 4.78 is 0. The Morgan fingerprint density at radius 2 is 1.08 bits per heavy atom. The van der Waals surface area contributed by atoms with Gasteiger partial charge in [-0.15, -0.1) is 0 Å². The van der Waals surface area contributed by atoms with Crippen molar-refractivity contribution in [1.29, 1.82) is 0 Å². The molecule has 0 aliphatic carbocycles. The second kappa shape index (κ2) is 20.8. The first kappa shape index (κ1) is 33.7. The summed E-state index contributed by atoms with van der Waals surface area (Å²) in [7, 11) is 0. The first-order valence-electron chi connectivity index (χ1n) is 13.2. The maximum absolute atomic E-state index is 11.4. The molecule has 2 rings (SSSR count). The summed E-state index contributed by atoms with van der Waals surface area (Å²) in [6, 6.07) is 0. The number of aliphatic carboxylic acids is 1. The van der Waals surface area contributed by atoms with Crippen molar-refractivity contribution in [2.75, 3.05) is 19.6 Å². The highest BCUT2D eigenvalue weighted by Crippen LogP contribution is 2.04. The number of nitrogens with zero attached hydrogens (tertiary/aromatic N) is 2. The fourth-order valence-electron chi connectivity index (χ4n) is 3.34. The van der Waals surface area contributed by atoms with Gasteiger partial charge in [0.2, 0.25) is 5.91 Å². The average molecular weight is 522 g/mol. The molecule has 0 atom stereocenters. The fraction of sp³-hybridized carbons (Fsp3) is 0.630. The van der Waals surface area contributed by atoms with Crippen LogP contribution in [0.5, 0.6) is 0 Å². The summed E-state index contributed by atoms with van der Waals surface area (Å²) in [5.41, 5.74) is 0. The van der Waals surface area contributed by atoms with Crippen molar-refractivity contribution in [3.05, 3.63) is 24.3 Å². The van der Waals surface area contributed by atoms with Gasteiger partial charge in [0.25, 0.3) is 23.6 Å². The molecule has 0 bridgehead atoms. The van der Waals surface area contributed by atoms with Crippen molar-refractivity contribution in [2.24, 2.45) is 0 Å². The van der Waals surface area contributed by atoms with E-state index in [1.807, 2.05) is 6.92 Å². The highest BCUT2D eigenvalue weighted by atomic mass is 16.4. The van der Waals surface area contributed by atoms with Crippen molar-refractivity contribution in [2.45, 2.75) is 91.4 Å². The molecule has 0 saturated carbocycles. The van der Waals surface area contributed by atoms with E-state index in [4.69, 9.17) is 5.11 Å². The zero-order chi connectivity index (χ0) is 28.1. The molecule has 0 aromatic carbocycles. The molecule has 208 valence electrons. The largest absolute Gasteiger partial charge is 0.481 e. The average Bonchev–Trinajstić information content (AvgIpc) is 3.36. The maximum atomic E-state index is 11.4. The molecule has 2 N–H and O–H groups in total. The second-order valence-corrected chi connectivity index (χ2v) is 8.69. The number of hydrogen-bond acceptors (Lipinski definition) is 6. The quantitative estimate of drug-likeness (QED) is 0.249. The van der Waals surface area contributed by atoms with Crippen molar-refractivity contribution in [3.8, 4) is 0 Å². The van der Waals surface area contributed by atoms with Crippen LogP contribution in [-0.2, 0) is 28.8 Å². The Kier molecular flexibility index (Phi) is 19.0. The molecule has 0 fully saturated rings. The number of carbonyl (C=O) groups is 6. The van der Waals surface area contributed by atoms with Gasteiger partial charge in [0, 0.05) is 56.8 Å². The van der Waals surface area contributed by atoms with Gasteiger partial charge in [-0.25, -0.2) is 0 Å². The zero-order valence-corrected chi connectivity index (χ0v) is 22.5. The highest BCUT2D eigenvalue weighted by Gasteiger charge is 2.22. The topological polar surface area (TPSA) is 141 Å². The Balaban J connectivity index is 0.000000577. The van der Waals surface area contributed by atoms with Crippen LogP contribution in [0.1, 0.15) is 91.4 Å².